The smallest absolute Gasteiger partial charge is 0.234 e. The topological polar surface area (TPSA) is 78.7 Å². The molecule has 7 heteroatoms. The third kappa shape index (κ3) is 5.58. The van der Waals surface area contributed by atoms with Crippen molar-refractivity contribution in [3.05, 3.63) is 107 Å². The van der Waals surface area contributed by atoms with Crippen molar-refractivity contribution in [2.24, 2.45) is 0 Å². The van der Waals surface area contributed by atoms with Crippen LogP contribution in [0.1, 0.15) is 40.3 Å². The highest BCUT2D eigenvalue weighted by molar-refractivity contribution is 8.00. The van der Waals surface area contributed by atoms with Crippen molar-refractivity contribution in [1.29, 1.82) is 5.26 Å². The maximum atomic E-state index is 12.7. The van der Waals surface area contributed by atoms with E-state index in [-0.39, 0.29) is 11.7 Å². The molecule has 0 radical (unpaired) electrons. The first kappa shape index (κ1) is 25.3. The molecule has 2 heterocycles. The average Bonchev–Trinajstić information content (AvgIpc) is 3.39. The zero-order valence-corrected chi connectivity index (χ0v) is 23.1. The van der Waals surface area contributed by atoms with Gasteiger partial charge in [-0.15, -0.1) is 11.3 Å². The first-order valence-electron chi connectivity index (χ1n) is 12.9. The number of carbonyl (C=O) groups excluding carboxylic acids is 1. The van der Waals surface area contributed by atoms with Crippen molar-refractivity contribution in [2.75, 3.05) is 11.1 Å². The Labute approximate surface area is 236 Å². The minimum Gasteiger partial charge on any atom is -0.325 e. The fraction of sp³-hybridized carbons (Fsp3) is 0.188. The number of nitriles is 1. The van der Waals surface area contributed by atoms with Crippen LogP contribution in [0.3, 0.4) is 0 Å². The highest BCUT2D eigenvalue weighted by Crippen LogP contribution is 2.35. The molecule has 1 aliphatic rings. The van der Waals surface area contributed by atoms with E-state index in [1.807, 2.05) is 42.5 Å². The molecule has 1 atom stereocenters. The van der Waals surface area contributed by atoms with Crippen molar-refractivity contribution < 1.29 is 4.79 Å². The van der Waals surface area contributed by atoms with E-state index in [0.29, 0.717) is 16.5 Å². The third-order valence-electron chi connectivity index (χ3n) is 7.04. The number of nitrogens with zero attached hydrogens (tertiary/aromatic N) is 3. The molecule has 0 fully saturated rings. The summed E-state index contributed by atoms with van der Waals surface area (Å²) >= 11 is 2.99. The molecule has 0 bridgehead atoms. The van der Waals surface area contributed by atoms with Gasteiger partial charge in [0.15, 0.2) is 0 Å². The summed E-state index contributed by atoms with van der Waals surface area (Å²) in [6, 6.07) is 28.8. The molecule has 1 amide bonds. The van der Waals surface area contributed by atoms with Crippen LogP contribution in [0.15, 0.2) is 83.9 Å². The normalized spacial score (nSPS) is 14.5. The lowest BCUT2D eigenvalue weighted by atomic mass is 9.82. The van der Waals surface area contributed by atoms with Gasteiger partial charge in [0.2, 0.25) is 5.91 Å². The van der Waals surface area contributed by atoms with Gasteiger partial charge >= 0.3 is 0 Å². The lowest BCUT2D eigenvalue weighted by Crippen LogP contribution is -2.16. The summed E-state index contributed by atoms with van der Waals surface area (Å²) in [5, 5.41) is 14.3. The number of anilines is 1. The van der Waals surface area contributed by atoms with E-state index in [4.69, 9.17) is 9.97 Å². The summed E-state index contributed by atoms with van der Waals surface area (Å²) in [5.41, 5.74) is 8.03. The number of fused-ring (bicyclic) bond motifs is 2. The van der Waals surface area contributed by atoms with Crippen molar-refractivity contribution in [3.63, 3.8) is 0 Å². The summed E-state index contributed by atoms with van der Waals surface area (Å²) in [4.78, 5) is 22.3. The molecule has 2 aromatic heterocycles. The number of hydrogen-bond acceptors (Lipinski definition) is 6. The Morgan fingerprint density at radius 3 is 2.69 bits per heavy atom. The van der Waals surface area contributed by atoms with Crippen molar-refractivity contribution >= 4 is 44.9 Å². The van der Waals surface area contributed by atoms with Crippen LogP contribution in [-0.4, -0.2) is 21.6 Å². The van der Waals surface area contributed by atoms with Gasteiger partial charge in [-0.2, -0.15) is 5.26 Å². The number of rotatable bonds is 6. The Bertz CT molecular complexity index is 1700. The van der Waals surface area contributed by atoms with Gasteiger partial charge in [-0.05, 0) is 91.3 Å². The minimum absolute atomic E-state index is 0.129. The quantitative estimate of drug-likeness (QED) is 0.223. The number of thioether (sulfide) groups is 1. The number of aromatic nitrogens is 2. The monoisotopic (exact) mass is 546 g/mol. The molecular weight excluding hydrogens is 521 g/mol. The standard InChI is InChI=1S/C32H26N4OS2/c1-20-7-13-28-29(15-20)39-32(36-28)22-8-11-26(12-9-22)34-30(37)19-38-31-25(18-33)17-24-16-23(10-14-27(24)35-31)21-5-3-2-4-6-21/h2-9,11-13,15,17,23H,10,14,16,19H2,1H3,(H,34,37). The van der Waals surface area contributed by atoms with Gasteiger partial charge in [0.25, 0.3) is 0 Å². The van der Waals surface area contributed by atoms with E-state index in [9.17, 15) is 10.1 Å². The van der Waals surface area contributed by atoms with Crippen LogP contribution >= 0.6 is 23.1 Å². The van der Waals surface area contributed by atoms with Crippen LogP contribution in [0.25, 0.3) is 20.8 Å². The van der Waals surface area contributed by atoms with Crippen LogP contribution < -0.4 is 5.32 Å². The summed E-state index contributed by atoms with van der Waals surface area (Å²) in [6.07, 6.45) is 2.80. The van der Waals surface area contributed by atoms with Gasteiger partial charge in [-0.1, -0.05) is 48.2 Å². The number of thiazole rings is 1. The second-order valence-electron chi connectivity index (χ2n) is 9.81. The van der Waals surface area contributed by atoms with E-state index in [2.05, 4.69) is 54.7 Å². The fourth-order valence-electron chi connectivity index (χ4n) is 5.03. The van der Waals surface area contributed by atoms with Crippen molar-refractivity contribution in [1.82, 2.24) is 9.97 Å². The molecule has 192 valence electrons. The first-order valence-corrected chi connectivity index (χ1v) is 14.7. The van der Waals surface area contributed by atoms with Crippen molar-refractivity contribution in [3.8, 4) is 16.6 Å². The van der Waals surface area contributed by atoms with Crippen LogP contribution in [0, 0.1) is 18.3 Å². The predicted molar refractivity (Wildman–Crippen MR) is 159 cm³/mol. The Morgan fingerprint density at radius 2 is 1.90 bits per heavy atom. The van der Waals surface area contributed by atoms with E-state index >= 15 is 0 Å². The number of nitrogens with one attached hydrogen (secondary N) is 1. The second kappa shape index (κ2) is 11.0. The molecule has 0 saturated heterocycles. The Balaban J connectivity index is 1.09. The van der Waals surface area contributed by atoms with Gasteiger partial charge in [0.05, 0.1) is 21.5 Å². The molecule has 6 rings (SSSR count). The summed E-state index contributed by atoms with van der Waals surface area (Å²) < 4.78 is 1.17. The number of carbonyl (C=O) groups is 1. The number of benzene rings is 3. The molecule has 3 aromatic carbocycles. The third-order valence-corrected chi connectivity index (χ3v) is 9.10. The lowest BCUT2D eigenvalue weighted by molar-refractivity contribution is -0.113. The molecule has 1 N–H and O–H groups in total. The Morgan fingerprint density at radius 1 is 1.08 bits per heavy atom. The molecular formula is C32H26N4OS2. The summed E-state index contributed by atoms with van der Waals surface area (Å²) in [5.74, 6) is 0.504. The maximum Gasteiger partial charge on any atom is 0.234 e. The van der Waals surface area contributed by atoms with E-state index in [1.165, 1.54) is 27.6 Å². The Hall–Kier alpha value is -3.99. The van der Waals surface area contributed by atoms with E-state index in [0.717, 1.165) is 52.3 Å². The molecule has 1 aliphatic carbocycles. The molecule has 0 saturated carbocycles. The van der Waals surface area contributed by atoms with Gasteiger partial charge in [-0.3, -0.25) is 4.79 Å². The molecule has 39 heavy (non-hydrogen) atoms. The van der Waals surface area contributed by atoms with Gasteiger partial charge in [0, 0.05) is 16.9 Å². The molecule has 5 nitrogen and oxygen atoms in total. The van der Waals surface area contributed by atoms with Crippen LogP contribution in [0.5, 0.6) is 0 Å². The average molecular weight is 547 g/mol. The molecule has 0 aliphatic heterocycles. The van der Waals surface area contributed by atoms with Gasteiger partial charge in [-0.25, -0.2) is 9.97 Å². The van der Waals surface area contributed by atoms with Crippen LogP contribution in [0.2, 0.25) is 0 Å². The lowest BCUT2D eigenvalue weighted by Gasteiger charge is -2.25. The minimum atomic E-state index is -0.129. The zero-order valence-electron chi connectivity index (χ0n) is 21.5. The fourth-order valence-corrected chi connectivity index (χ4v) is 6.87. The van der Waals surface area contributed by atoms with Crippen LogP contribution in [-0.2, 0) is 17.6 Å². The predicted octanol–water partition coefficient (Wildman–Crippen LogP) is 7.54. The molecule has 5 aromatic rings. The number of hydrogen-bond donors (Lipinski definition) is 1. The van der Waals surface area contributed by atoms with E-state index < -0.39 is 0 Å². The second-order valence-corrected chi connectivity index (χ2v) is 11.8. The summed E-state index contributed by atoms with van der Waals surface area (Å²) in [7, 11) is 0. The maximum absolute atomic E-state index is 12.7. The number of pyridine rings is 1. The number of amides is 1. The first-order chi connectivity index (χ1) is 19.1. The largest absolute Gasteiger partial charge is 0.325 e. The zero-order chi connectivity index (χ0) is 26.8. The molecule has 1 unspecified atom stereocenters. The number of aryl methyl sites for hydroxylation is 2. The molecule has 0 spiro atoms. The van der Waals surface area contributed by atoms with E-state index in [1.54, 1.807) is 11.3 Å². The SMILES string of the molecule is Cc1ccc2nc(-c3ccc(NC(=O)CSc4nc5c(cc4C#N)CC(c4ccccc4)CC5)cc3)sc2c1. The Kier molecular flexibility index (Phi) is 7.14. The highest BCUT2D eigenvalue weighted by Gasteiger charge is 2.23. The summed E-state index contributed by atoms with van der Waals surface area (Å²) in [6.45, 7) is 2.08. The van der Waals surface area contributed by atoms with Crippen molar-refractivity contribution in [2.45, 2.75) is 37.1 Å². The van der Waals surface area contributed by atoms with Gasteiger partial charge in [0.1, 0.15) is 16.1 Å². The van der Waals surface area contributed by atoms with Gasteiger partial charge < -0.3 is 5.32 Å². The van der Waals surface area contributed by atoms with Crippen LogP contribution in [0.4, 0.5) is 5.69 Å². The highest BCUT2D eigenvalue weighted by atomic mass is 32.2.